The molecule has 234 valence electrons. The van der Waals surface area contributed by atoms with E-state index in [0.29, 0.717) is 33.3 Å². The number of carbonyl (C=O) groups excluding carboxylic acids is 1. The minimum atomic E-state index is -4.31. The van der Waals surface area contributed by atoms with Crippen molar-refractivity contribution < 1.29 is 31.1 Å². The number of sulfonamides is 1. The molecule has 4 aromatic heterocycles. The molecule has 0 amide bonds. The minimum absolute atomic E-state index is 0.000734. The van der Waals surface area contributed by atoms with E-state index >= 15 is 0 Å². The number of pyridine rings is 2. The average Bonchev–Trinajstić information content (AvgIpc) is 3.59. The largest absolute Gasteiger partial charge is 0.433 e. The van der Waals surface area contributed by atoms with Crippen molar-refractivity contribution in [2.75, 3.05) is 10.5 Å². The molecule has 0 bridgehead atoms. The normalized spacial score (nSPS) is 11.6. The number of aromatic amines is 1. The molecular weight excluding hydrogens is 623 g/mol. The minimum Gasteiger partial charge on any atom is -0.433 e. The second-order valence-electron chi connectivity index (χ2n) is 10.5. The lowest BCUT2D eigenvalue weighted by Gasteiger charge is -2.11. The van der Waals surface area contributed by atoms with Crippen LogP contribution in [-0.2, 0) is 10.0 Å². The molecule has 6 rings (SSSR count). The molecule has 4 heterocycles. The Balaban J connectivity index is 1.26. The smallest absolute Gasteiger partial charge is 0.266 e. The standard InChI is InChI=1S/C31H24F3N7O4S/c1-15-7-26(30(34)37-12-15)46(43,44)40-22-11-23-18(8-16(22)2)10-24(39-23)28(42)19-13-38-41(31(19)35)25-14-36-27(9-17(25)3)45-29-20(32)5-4-6-21(29)33/h4-14,39-40H,35H2,1-3H3. The van der Waals surface area contributed by atoms with Gasteiger partial charge in [-0.25, -0.2) is 31.8 Å². The van der Waals surface area contributed by atoms with Crippen LogP contribution >= 0.6 is 0 Å². The molecule has 11 nitrogen and oxygen atoms in total. The zero-order valence-electron chi connectivity index (χ0n) is 24.4. The number of nitrogens with two attached hydrogens (primary N) is 1. The topological polar surface area (TPSA) is 158 Å². The second kappa shape index (κ2) is 11.3. The maximum absolute atomic E-state index is 14.2. The van der Waals surface area contributed by atoms with E-state index in [1.54, 1.807) is 32.9 Å². The van der Waals surface area contributed by atoms with Crippen LogP contribution in [-0.4, -0.2) is 38.9 Å². The summed E-state index contributed by atoms with van der Waals surface area (Å²) in [6, 6.07) is 10.7. The van der Waals surface area contributed by atoms with Crippen molar-refractivity contribution in [2.45, 2.75) is 25.7 Å². The van der Waals surface area contributed by atoms with Crippen LogP contribution in [0.1, 0.15) is 32.7 Å². The Kier molecular flexibility index (Phi) is 7.48. The van der Waals surface area contributed by atoms with E-state index in [9.17, 15) is 26.4 Å². The van der Waals surface area contributed by atoms with Crippen LogP contribution < -0.4 is 15.2 Å². The number of rotatable bonds is 8. The van der Waals surface area contributed by atoms with Crippen LogP contribution in [0, 0.1) is 38.4 Å². The Bertz CT molecular complexity index is 2280. The molecule has 2 aromatic carbocycles. The van der Waals surface area contributed by atoms with Gasteiger partial charge in [0.25, 0.3) is 10.0 Å². The number of H-pyrrole nitrogens is 1. The van der Waals surface area contributed by atoms with Gasteiger partial charge >= 0.3 is 0 Å². The van der Waals surface area contributed by atoms with Crippen molar-refractivity contribution in [1.29, 1.82) is 0 Å². The summed E-state index contributed by atoms with van der Waals surface area (Å²) in [5.41, 5.74) is 9.08. The molecule has 0 atom stereocenters. The molecule has 4 N–H and O–H groups in total. The highest BCUT2D eigenvalue weighted by Crippen LogP contribution is 2.31. The van der Waals surface area contributed by atoms with Gasteiger partial charge in [-0.05, 0) is 73.9 Å². The van der Waals surface area contributed by atoms with Gasteiger partial charge in [0.05, 0.1) is 35.0 Å². The second-order valence-corrected chi connectivity index (χ2v) is 12.1. The zero-order chi connectivity index (χ0) is 32.9. The van der Waals surface area contributed by atoms with Crippen molar-refractivity contribution in [3.05, 3.63) is 113 Å². The number of aryl methyl sites for hydroxylation is 3. The third-order valence-corrected chi connectivity index (χ3v) is 8.50. The quantitative estimate of drug-likeness (QED) is 0.136. The number of ether oxygens (including phenoxy) is 1. The van der Waals surface area contributed by atoms with Crippen molar-refractivity contribution >= 4 is 38.2 Å². The highest BCUT2D eigenvalue weighted by atomic mass is 32.2. The molecule has 0 saturated heterocycles. The number of aromatic nitrogens is 5. The predicted molar refractivity (Wildman–Crippen MR) is 163 cm³/mol. The number of carbonyl (C=O) groups is 1. The lowest BCUT2D eigenvalue weighted by molar-refractivity contribution is 0.103. The number of hydrogen-bond acceptors (Lipinski definition) is 8. The van der Waals surface area contributed by atoms with Crippen molar-refractivity contribution in [3.8, 4) is 17.3 Å². The van der Waals surface area contributed by atoms with Gasteiger partial charge in [-0.15, -0.1) is 0 Å². The van der Waals surface area contributed by atoms with Crippen LogP contribution in [0.5, 0.6) is 11.6 Å². The third kappa shape index (κ3) is 5.51. The summed E-state index contributed by atoms with van der Waals surface area (Å²) in [7, 11) is -4.31. The van der Waals surface area contributed by atoms with Crippen LogP contribution in [0.2, 0.25) is 0 Å². The first kappa shape index (κ1) is 30.3. The highest BCUT2D eigenvalue weighted by Gasteiger charge is 2.24. The number of nitrogens with one attached hydrogen (secondary N) is 2. The molecule has 6 aromatic rings. The molecule has 15 heteroatoms. The van der Waals surface area contributed by atoms with Crippen LogP contribution in [0.4, 0.5) is 24.7 Å². The van der Waals surface area contributed by atoms with E-state index < -0.39 is 44.0 Å². The van der Waals surface area contributed by atoms with Crippen molar-refractivity contribution in [2.24, 2.45) is 0 Å². The summed E-state index contributed by atoms with van der Waals surface area (Å²) in [6.45, 7) is 4.94. The fraction of sp³-hybridized carbons (Fsp3) is 0.0968. The van der Waals surface area contributed by atoms with Crippen LogP contribution in [0.3, 0.4) is 0 Å². The first-order chi connectivity index (χ1) is 21.8. The Morgan fingerprint density at radius 2 is 1.70 bits per heavy atom. The third-order valence-electron chi connectivity index (χ3n) is 7.15. The van der Waals surface area contributed by atoms with Gasteiger partial charge in [-0.2, -0.15) is 9.49 Å². The number of para-hydroxylation sites is 1. The summed E-state index contributed by atoms with van der Waals surface area (Å²) in [5, 5.41) is 4.85. The zero-order valence-corrected chi connectivity index (χ0v) is 25.2. The van der Waals surface area contributed by atoms with Gasteiger partial charge in [0.1, 0.15) is 10.7 Å². The maximum atomic E-state index is 14.2. The monoisotopic (exact) mass is 647 g/mol. The molecule has 0 unspecified atom stereocenters. The van der Waals surface area contributed by atoms with E-state index in [-0.39, 0.29) is 28.6 Å². The Hall–Kier alpha value is -5.70. The molecular formula is C31H24F3N7O4S. The molecule has 0 saturated carbocycles. The fourth-order valence-electron chi connectivity index (χ4n) is 4.80. The highest BCUT2D eigenvalue weighted by molar-refractivity contribution is 7.92. The predicted octanol–water partition coefficient (Wildman–Crippen LogP) is 5.89. The molecule has 0 spiro atoms. The molecule has 46 heavy (non-hydrogen) atoms. The number of hydrogen-bond donors (Lipinski definition) is 3. The number of benzene rings is 2. The summed E-state index contributed by atoms with van der Waals surface area (Å²) < 4.78 is 77.2. The van der Waals surface area contributed by atoms with Gasteiger partial charge in [-0.1, -0.05) is 6.07 Å². The molecule has 0 aliphatic carbocycles. The maximum Gasteiger partial charge on any atom is 0.266 e. The van der Waals surface area contributed by atoms with Gasteiger partial charge in [-0.3, -0.25) is 9.52 Å². The van der Waals surface area contributed by atoms with E-state index in [4.69, 9.17) is 10.5 Å². The van der Waals surface area contributed by atoms with E-state index in [0.717, 1.165) is 12.1 Å². The Labute approximate surface area is 259 Å². The Morgan fingerprint density at radius 3 is 2.41 bits per heavy atom. The van der Waals surface area contributed by atoms with Crippen LogP contribution in [0.15, 0.2) is 72.0 Å². The van der Waals surface area contributed by atoms with Crippen molar-refractivity contribution in [3.63, 3.8) is 0 Å². The van der Waals surface area contributed by atoms with E-state index in [2.05, 4.69) is 24.8 Å². The number of nitrogen functional groups attached to an aromatic ring is 1. The van der Waals surface area contributed by atoms with E-state index in [1.165, 1.54) is 47.5 Å². The average molecular weight is 648 g/mol. The van der Waals surface area contributed by atoms with Gasteiger partial charge in [0.15, 0.2) is 11.6 Å². The van der Waals surface area contributed by atoms with Crippen LogP contribution in [0.25, 0.3) is 16.6 Å². The number of fused-ring (bicyclic) bond motifs is 1. The number of anilines is 2. The van der Waals surface area contributed by atoms with E-state index in [1.807, 2.05) is 0 Å². The number of ketones is 1. The molecule has 0 fully saturated rings. The molecule has 0 aliphatic rings. The fourth-order valence-corrected chi connectivity index (χ4v) is 6.03. The molecule has 0 aliphatic heterocycles. The summed E-state index contributed by atoms with van der Waals surface area (Å²) in [4.78, 5) is 23.5. The first-order valence-electron chi connectivity index (χ1n) is 13.6. The van der Waals surface area contributed by atoms with Crippen molar-refractivity contribution in [1.82, 2.24) is 24.7 Å². The summed E-state index contributed by atoms with van der Waals surface area (Å²) in [6.07, 6.45) is 3.85. The lowest BCUT2D eigenvalue weighted by Crippen LogP contribution is -2.16. The van der Waals surface area contributed by atoms with Gasteiger partial charge < -0.3 is 15.5 Å². The lowest BCUT2D eigenvalue weighted by atomic mass is 10.1. The number of halogens is 3. The SMILES string of the molecule is Cc1cnc(F)c(S(=O)(=O)Nc2cc3[nH]c(C(=O)c4cnn(-c5cnc(Oc6c(F)cccc6F)cc5C)c4N)cc3cc2C)c1. The molecule has 0 radical (unpaired) electrons. The van der Waals surface area contributed by atoms with Gasteiger partial charge in [0, 0.05) is 23.2 Å². The Morgan fingerprint density at radius 1 is 0.957 bits per heavy atom. The number of nitrogens with zero attached hydrogens (tertiary/aromatic N) is 4. The summed E-state index contributed by atoms with van der Waals surface area (Å²) in [5.74, 6) is -4.05. The summed E-state index contributed by atoms with van der Waals surface area (Å²) >= 11 is 0. The van der Waals surface area contributed by atoms with Gasteiger partial charge in [0.2, 0.25) is 23.4 Å². The first-order valence-corrected chi connectivity index (χ1v) is 15.1.